The van der Waals surface area contributed by atoms with E-state index in [9.17, 15) is 4.79 Å². The molecule has 0 rings (SSSR count). The van der Waals surface area contributed by atoms with Crippen molar-refractivity contribution in [1.82, 2.24) is 5.32 Å². The zero-order chi connectivity index (χ0) is 6.41. The second-order valence-corrected chi connectivity index (χ2v) is 1.45. The van der Waals surface area contributed by atoms with Crippen molar-refractivity contribution in [2.24, 2.45) is 0 Å². The van der Waals surface area contributed by atoms with Crippen molar-refractivity contribution in [3.8, 4) is 0 Å². The predicted molar refractivity (Wildman–Crippen MR) is 36.9 cm³/mol. The molecule has 0 saturated carbocycles. The second-order valence-electron chi connectivity index (χ2n) is 1.12. The molecule has 0 bridgehead atoms. The van der Waals surface area contributed by atoms with Crippen LogP contribution < -0.4 is 5.32 Å². The van der Waals surface area contributed by atoms with E-state index in [-0.39, 0.29) is 5.91 Å². The van der Waals surface area contributed by atoms with Crippen LogP contribution in [0.4, 0.5) is 0 Å². The fourth-order valence-corrected chi connectivity index (χ4v) is 0.298. The summed E-state index contributed by atoms with van der Waals surface area (Å²) < 4.78 is 0. The van der Waals surface area contributed by atoms with Crippen LogP contribution in [0.2, 0.25) is 0 Å². The Morgan fingerprint density at radius 2 is 2.50 bits per heavy atom. The van der Waals surface area contributed by atoms with Crippen LogP contribution in [-0.4, -0.2) is 17.8 Å². The van der Waals surface area contributed by atoms with Crippen molar-refractivity contribution in [2.45, 2.75) is 0 Å². The highest BCUT2D eigenvalue weighted by atomic mass is 32.1. The summed E-state index contributed by atoms with van der Waals surface area (Å²) in [4.78, 5) is 10.3. The number of hydrogen-bond acceptors (Lipinski definition) is 2. The molecule has 0 fully saturated rings. The largest absolute Gasteiger partial charge is 0.348 e. The van der Waals surface area contributed by atoms with Crippen LogP contribution in [0.25, 0.3) is 0 Å². The number of thiocarbonyl (C=S) groups is 1. The standard InChI is InChI=1S/C5H7NOS/c1-2-5(7)6-3-4-8/h2,4H,1,3H2,(H,6,7). The summed E-state index contributed by atoms with van der Waals surface area (Å²) in [5, 5.41) is 3.91. The lowest BCUT2D eigenvalue weighted by atomic mass is 10.6. The minimum absolute atomic E-state index is 0.189. The van der Waals surface area contributed by atoms with Gasteiger partial charge in [0.2, 0.25) is 5.91 Å². The Bertz CT molecular complexity index is 111. The van der Waals surface area contributed by atoms with Gasteiger partial charge in [-0.3, -0.25) is 4.79 Å². The van der Waals surface area contributed by atoms with Crippen LogP contribution in [0.3, 0.4) is 0 Å². The van der Waals surface area contributed by atoms with E-state index in [1.165, 1.54) is 11.4 Å². The fraction of sp³-hybridized carbons (Fsp3) is 0.200. The average Bonchev–Trinajstić information content (AvgIpc) is 1.83. The summed E-state index contributed by atoms with van der Waals surface area (Å²) in [7, 11) is 0. The lowest BCUT2D eigenvalue weighted by Crippen LogP contribution is -2.21. The van der Waals surface area contributed by atoms with Crippen molar-refractivity contribution in [3.63, 3.8) is 0 Å². The Labute approximate surface area is 53.6 Å². The van der Waals surface area contributed by atoms with E-state index in [0.29, 0.717) is 6.54 Å². The maximum Gasteiger partial charge on any atom is 0.243 e. The van der Waals surface area contributed by atoms with Crippen molar-refractivity contribution in [2.75, 3.05) is 6.54 Å². The minimum atomic E-state index is -0.189. The molecule has 0 radical (unpaired) electrons. The van der Waals surface area contributed by atoms with Gasteiger partial charge in [-0.15, -0.1) is 0 Å². The second kappa shape index (κ2) is 4.46. The summed E-state index contributed by atoms with van der Waals surface area (Å²) in [5.41, 5.74) is 0. The molecule has 0 unspecified atom stereocenters. The van der Waals surface area contributed by atoms with Gasteiger partial charge in [-0.2, -0.15) is 0 Å². The summed E-state index contributed by atoms with van der Waals surface area (Å²) in [6, 6.07) is 0. The molecule has 44 valence electrons. The van der Waals surface area contributed by atoms with Crippen LogP contribution in [0.15, 0.2) is 12.7 Å². The molecule has 0 saturated heterocycles. The quantitative estimate of drug-likeness (QED) is 0.438. The van der Waals surface area contributed by atoms with Gasteiger partial charge in [0.05, 0.1) is 0 Å². The van der Waals surface area contributed by atoms with Gasteiger partial charge in [-0.25, -0.2) is 0 Å². The molecule has 8 heavy (non-hydrogen) atoms. The molecule has 3 heteroatoms. The molecule has 0 aromatic rings. The smallest absolute Gasteiger partial charge is 0.243 e. The van der Waals surface area contributed by atoms with Crippen LogP contribution in [0.5, 0.6) is 0 Å². The first-order valence-corrected chi connectivity index (χ1v) is 2.62. The average molecular weight is 129 g/mol. The number of carbonyl (C=O) groups excluding carboxylic acids is 1. The SMILES string of the molecule is C=CC(=O)NCC=S. The molecular weight excluding hydrogens is 122 g/mol. The van der Waals surface area contributed by atoms with Crippen LogP contribution in [0.1, 0.15) is 0 Å². The van der Waals surface area contributed by atoms with Gasteiger partial charge in [-0.1, -0.05) is 18.8 Å². The van der Waals surface area contributed by atoms with Crippen LogP contribution in [-0.2, 0) is 4.79 Å². The third kappa shape index (κ3) is 3.49. The normalized spacial score (nSPS) is 7.50. The summed E-state index contributed by atoms with van der Waals surface area (Å²) >= 11 is 4.44. The topological polar surface area (TPSA) is 29.1 Å². The summed E-state index contributed by atoms with van der Waals surface area (Å²) in [6.45, 7) is 3.68. The number of nitrogens with one attached hydrogen (secondary N) is 1. The van der Waals surface area contributed by atoms with E-state index in [4.69, 9.17) is 0 Å². The number of rotatable bonds is 3. The third-order valence-electron chi connectivity index (χ3n) is 0.545. The van der Waals surface area contributed by atoms with Gasteiger partial charge in [0.1, 0.15) is 0 Å². The molecule has 0 aromatic carbocycles. The molecule has 1 amide bonds. The fourth-order valence-electron chi connectivity index (χ4n) is 0.214. The number of amides is 1. The molecule has 0 spiro atoms. The maximum absolute atomic E-state index is 10.3. The lowest BCUT2D eigenvalue weighted by Gasteiger charge is -1.91. The molecule has 0 atom stereocenters. The zero-order valence-electron chi connectivity index (χ0n) is 4.39. The third-order valence-corrected chi connectivity index (χ3v) is 0.712. The number of carbonyl (C=O) groups is 1. The highest BCUT2D eigenvalue weighted by Crippen LogP contribution is 1.62. The van der Waals surface area contributed by atoms with Gasteiger partial charge in [-0.05, 0) is 11.4 Å². The zero-order valence-corrected chi connectivity index (χ0v) is 5.20. The van der Waals surface area contributed by atoms with Gasteiger partial charge in [0, 0.05) is 6.54 Å². The van der Waals surface area contributed by atoms with E-state index in [1.54, 1.807) is 0 Å². The van der Waals surface area contributed by atoms with Crippen LogP contribution in [0, 0.1) is 0 Å². The monoisotopic (exact) mass is 129 g/mol. The molecule has 1 N–H and O–H groups in total. The lowest BCUT2D eigenvalue weighted by molar-refractivity contribution is -0.116. The Morgan fingerprint density at radius 1 is 1.88 bits per heavy atom. The van der Waals surface area contributed by atoms with Crippen molar-refractivity contribution >= 4 is 23.5 Å². The van der Waals surface area contributed by atoms with E-state index in [2.05, 4.69) is 24.1 Å². The van der Waals surface area contributed by atoms with Crippen molar-refractivity contribution in [3.05, 3.63) is 12.7 Å². The highest BCUT2D eigenvalue weighted by molar-refractivity contribution is 7.79. The predicted octanol–water partition coefficient (Wildman–Crippen LogP) is 0.288. The summed E-state index contributed by atoms with van der Waals surface area (Å²) in [6.07, 6.45) is 1.21. The van der Waals surface area contributed by atoms with Crippen molar-refractivity contribution < 1.29 is 4.79 Å². The van der Waals surface area contributed by atoms with E-state index in [0.717, 1.165) is 0 Å². The first kappa shape index (κ1) is 7.30. The summed E-state index contributed by atoms with van der Waals surface area (Å²) in [5.74, 6) is -0.189. The van der Waals surface area contributed by atoms with E-state index in [1.807, 2.05) is 0 Å². The number of hydrogen-bond donors (Lipinski definition) is 1. The molecule has 0 aliphatic heterocycles. The van der Waals surface area contributed by atoms with E-state index >= 15 is 0 Å². The van der Waals surface area contributed by atoms with Crippen LogP contribution >= 0.6 is 12.2 Å². The molecule has 0 heterocycles. The van der Waals surface area contributed by atoms with E-state index < -0.39 is 0 Å². The Hall–Kier alpha value is -0.700. The molecule has 0 aliphatic rings. The Kier molecular flexibility index (Phi) is 4.07. The van der Waals surface area contributed by atoms with Gasteiger partial charge < -0.3 is 5.32 Å². The minimum Gasteiger partial charge on any atom is -0.348 e. The maximum atomic E-state index is 10.3. The van der Waals surface area contributed by atoms with Gasteiger partial charge in [0.15, 0.2) is 0 Å². The first-order chi connectivity index (χ1) is 3.81. The Morgan fingerprint density at radius 3 is 2.88 bits per heavy atom. The molecule has 2 nitrogen and oxygen atoms in total. The van der Waals surface area contributed by atoms with Crippen molar-refractivity contribution in [1.29, 1.82) is 0 Å². The first-order valence-electron chi connectivity index (χ1n) is 2.15. The van der Waals surface area contributed by atoms with Gasteiger partial charge >= 0.3 is 0 Å². The van der Waals surface area contributed by atoms with Gasteiger partial charge in [0.25, 0.3) is 0 Å². The molecule has 0 aromatic heterocycles. The molecule has 0 aliphatic carbocycles. The highest BCUT2D eigenvalue weighted by Gasteiger charge is 1.85. The molecular formula is C5H7NOS. The Balaban J connectivity index is 3.24.